The van der Waals surface area contributed by atoms with Gasteiger partial charge in [0.05, 0.1) is 17.4 Å². The molecule has 1 aromatic rings. The molecule has 2 aliphatic heterocycles. The number of nitrogens with two attached hydrogens (primary N) is 1. The van der Waals surface area contributed by atoms with E-state index in [2.05, 4.69) is 17.3 Å². The minimum atomic E-state index is -0.894. The summed E-state index contributed by atoms with van der Waals surface area (Å²) in [6, 6.07) is 2.72. The molecule has 2 bridgehead atoms. The Morgan fingerprint density at radius 2 is 2.09 bits per heavy atom. The van der Waals surface area contributed by atoms with Crippen LogP contribution in [0.2, 0.25) is 0 Å². The molecule has 2 unspecified atom stereocenters. The number of phenols is 1. The summed E-state index contributed by atoms with van der Waals surface area (Å²) in [5.41, 5.74) is 6.06. The van der Waals surface area contributed by atoms with E-state index in [-0.39, 0.29) is 30.4 Å². The second-order valence-corrected chi connectivity index (χ2v) is 11.6. The zero-order valence-electron chi connectivity index (χ0n) is 21.2. The summed E-state index contributed by atoms with van der Waals surface area (Å²) in [7, 11) is 3.92. The Hall–Kier alpha value is -2.36. The molecule has 35 heavy (non-hydrogen) atoms. The summed E-state index contributed by atoms with van der Waals surface area (Å²) in [5.74, 6) is -0.452. The van der Waals surface area contributed by atoms with Crippen LogP contribution >= 0.6 is 0 Å². The van der Waals surface area contributed by atoms with Crippen LogP contribution in [0, 0.1) is 0 Å². The van der Waals surface area contributed by atoms with Gasteiger partial charge in [0.2, 0.25) is 5.91 Å². The zero-order valence-corrected chi connectivity index (χ0v) is 21.2. The maximum absolute atomic E-state index is 13.0. The van der Waals surface area contributed by atoms with Crippen LogP contribution in [-0.2, 0) is 30.9 Å². The standard InChI is InChI=1S/C26H37N3O6/c1-24(2,3)35-23(32)16(13-19(27)31)28-15-8-9-26(33-5)18-12-14-6-7-17(30)21-20(14)25(26,22(15)34-21)10-11-29(18)4/h6-7,15-16,18,22,28,30H,8-13H2,1-5H3,(H2,27,31)/t15?,16-,18?,22-,25-,26+/m0/s1. The molecule has 0 radical (unpaired) electrons. The number of nitrogens with one attached hydrogen (secondary N) is 1. The molecular formula is C26H37N3O6. The molecular weight excluding hydrogens is 450 g/mol. The van der Waals surface area contributed by atoms with Gasteiger partial charge in [0.15, 0.2) is 11.5 Å². The molecule has 1 spiro atoms. The van der Waals surface area contributed by atoms with Crippen LogP contribution in [0.5, 0.6) is 11.5 Å². The number of nitrogens with zero attached hydrogens (tertiary/aromatic N) is 1. The number of methoxy groups -OCH3 is 1. The summed E-state index contributed by atoms with van der Waals surface area (Å²) in [4.78, 5) is 27.3. The lowest BCUT2D eigenvalue weighted by Crippen LogP contribution is -2.78. The maximum Gasteiger partial charge on any atom is 0.324 e. The Bertz CT molecular complexity index is 1050. The number of likely N-dealkylation sites (tertiary alicyclic amines) is 1. The van der Waals surface area contributed by atoms with Gasteiger partial charge < -0.3 is 30.0 Å². The minimum Gasteiger partial charge on any atom is -0.504 e. The second kappa shape index (κ2) is 8.08. The van der Waals surface area contributed by atoms with Gasteiger partial charge in [-0.05, 0) is 71.7 Å². The van der Waals surface area contributed by atoms with E-state index in [0.717, 1.165) is 31.4 Å². The number of hydrogen-bond donors (Lipinski definition) is 3. The van der Waals surface area contributed by atoms with Crippen molar-refractivity contribution in [2.45, 2.75) is 93.7 Å². The van der Waals surface area contributed by atoms with Gasteiger partial charge in [-0.3, -0.25) is 14.9 Å². The summed E-state index contributed by atoms with van der Waals surface area (Å²) in [6.45, 7) is 6.25. The Labute approximate surface area is 206 Å². The second-order valence-electron chi connectivity index (χ2n) is 11.6. The van der Waals surface area contributed by atoms with Crippen LogP contribution < -0.4 is 15.8 Å². The van der Waals surface area contributed by atoms with Crippen LogP contribution in [0.3, 0.4) is 0 Å². The summed E-state index contributed by atoms with van der Waals surface area (Å²) in [5, 5.41) is 14.2. The third-order valence-corrected chi connectivity index (χ3v) is 8.57. The minimum absolute atomic E-state index is 0.120. The average Bonchev–Trinajstić information content (AvgIpc) is 3.13. The molecule has 1 saturated heterocycles. The number of aromatic hydroxyl groups is 1. The first kappa shape index (κ1) is 24.3. The van der Waals surface area contributed by atoms with E-state index in [1.807, 2.05) is 6.07 Å². The van der Waals surface area contributed by atoms with Crippen LogP contribution in [0.25, 0.3) is 0 Å². The predicted molar refractivity (Wildman–Crippen MR) is 128 cm³/mol. The number of carbonyl (C=O) groups excluding carboxylic acids is 2. The average molecular weight is 488 g/mol. The molecule has 0 aromatic heterocycles. The lowest BCUT2D eigenvalue weighted by atomic mass is 9.48. The van der Waals surface area contributed by atoms with Crippen molar-refractivity contribution >= 4 is 11.9 Å². The SMILES string of the molecule is CO[C@@]12CCC(N[C@@H](CC(N)=O)C(=O)OC(C)(C)C)[C@@H]3Oc4c(O)ccc5c4[C@@]31CCN(C)C2C5. The van der Waals surface area contributed by atoms with E-state index in [0.29, 0.717) is 12.2 Å². The van der Waals surface area contributed by atoms with E-state index in [1.165, 1.54) is 5.56 Å². The maximum atomic E-state index is 13.0. The van der Waals surface area contributed by atoms with Crippen molar-refractivity contribution in [2.75, 3.05) is 20.7 Å². The molecule has 2 fully saturated rings. The van der Waals surface area contributed by atoms with Crippen LogP contribution in [0.15, 0.2) is 12.1 Å². The number of amides is 1. The Balaban J connectivity index is 1.56. The van der Waals surface area contributed by atoms with Crippen molar-refractivity contribution in [2.24, 2.45) is 5.73 Å². The molecule has 9 heteroatoms. The number of benzene rings is 1. The van der Waals surface area contributed by atoms with E-state index in [4.69, 9.17) is 19.9 Å². The molecule has 9 nitrogen and oxygen atoms in total. The molecule has 1 aromatic carbocycles. The van der Waals surface area contributed by atoms with Gasteiger partial charge >= 0.3 is 5.97 Å². The molecule has 1 amide bonds. The largest absolute Gasteiger partial charge is 0.504 e. The summed E-state index contributed by atoms with van der Waals surface area (Å²) in [6.07, 6.45) is 2.50. The monoisotopic (exact) mass is 487 g/mol. The van der Waals surface area contributed by atoms with Crippen molar-refractivity contribution < 1.29 is 28.9 Å². The fourth-order valence-electron chi connectivity index (χ4n) is 7.35. The molecule has 4 N–H and O–H groups in total. The van der Waals surface area contributed by atoms with Gasteiger partial charge in [0.25, 0.3) is 0 Å². The summed E-state index contributed by atoms with van der Waals surface area (Å²) >= 11 is 0. The number of ether oxygens (including phenoxy) is 3. The highest BCUT2D eigenvalue weighted by Gasteiger charge is 2.73. The number of piperidine rings is 1. The van der Waals surface area contributed by atoms with Crippen molar-refractivity contribution in [1.82, 2.24) is 10.2 Å². The van der Waals surface area contributed by atoms with E-state index >= 15 is 0 Å². The van der Waals surface area contributed by atoms with Gasteiger partial charge in [0.1, 0.15) is 17.7 Å². The van der Waals surface area contributed by atoms with Crippen molar-refractivity contribution in [3.05, 3.63) is 23.3 Å². The molecule has 2 heterocycles. The predicted octanol–water partition coefficient (Wildman–Crippen LogP) is 1.37. The van der Waals surface area contributed by atoms with Crippen LogP contribution in [0.4, 0.5) is 0 Å². The van der Waals surface area contributed by atoms with Crippen molar-refractivity contribution in [1.29, 1.82) is 0 Å². The molecule has 5 rings (SSSR count). The fourth-order valence-corrected chi connectivity index (χ4v) is 7.35. The Kier molecular flexibility index (Phi) is 5.62. The van der Waals surface area contributed by atoms with E-state index in [9.17, 15) is 14.7 Å². The highest BCUT2D eigenvalue weighted by atomic mass is 16.6. The first-order valence-electron chi connectivity index (χ1n) is 12.5. The fraction of sp³-hybridized carbons (Fsp3) is 0.692. The molecule has 192 valence electrons. The van der Waals surface area contributed by atoms with Crippen LogP contribution in [0.1, 0.15) is 57.6 Å². The van der Waals surface area contributed by atoms with Gasteiger partial charge in [-0.1, -0.05) is 6.07 Å². The number of esters is 1. The zero-order chi connectivity index (χ0) is 25.3. The topological polar surface area (TPSA) is 123 Å². The van der Waals surface area contributed by atoms with Gasteiger partial charge in [-0.25, -0.2) is 0 Å². The Morgan fingerprint density at radius 3 is 2.74 bits per heavy atom. The quantitative estimate of drug-likeness (QED) is 0.514. The molecule has 2 aliphatic carbocycles. The number of carbonyl (C=O) groups is 2. The number of primary amides is 1. The Morgan fingerprint density at radius 1 is 1.34 bits per heavy atom. The first-order valence-corrected chi connectivity index (χ1v) is 12.5. The summed E-state index contributed by atoms with van der Waals surface area (Å²) < 4.78 is 18.6. The number of phenolic OH excluding ortho intramolecular Hbond substituents is 1. The molecule has 6 atom stereocenters. The number of likely N-dealkylation sites (N-methyl/N-ethyl adjacent to an activating group) is 1. The number of hydrogen-bond acceptors (Lipinski definition) is 8. The first-order chi connectivity index (χ1) is 16.4. The third-order valence-electron chi connectivity index (χ3n) is 8.57. The lowest BCUT2D eigenvalue weighted by molar-refractivity contribution is -0.204. The number of rotatable bonds is 6. The third kappa shape index (κ3) is 3.46. The van der Waals surface area contributed by atoms with Gasteiger partial charge in [-0.2, -0.15) is 0 Å². The van der Waals surface area contributed by atoms with Gasteiger partial charge in [-0.15, -0.1) is 0 Å². The normalized spacial score (nSPS) is 34.0. The van der Waals surface area contributed by atoms with Crippen molar-refractivity contribution in [3.8, 4) is 11.5 Å². The van der Waals surface area contributed by atoms with E-state index in [1.54, 1.807) is 33.9 Å². The van der Waals surface area contributed by atoms with Crippen molar-refractivity contribution in [3.63, 3.8) is 0 Å². The highest BCUT2D eigenvalue weighted by Crippen LogP contribution is 2.66. The smallest absolute Gasteiger partial charge is 0.324 e. The van der Waals surface area contributed by atoms with Gasteiger partial charge in [0, 0.05) is 24.8 Å². The van der Waals surface area contributed by atoms with E-state index < -0.39 is 34.5 Å². The lowest BCUT2D eigenvalue weighted by Gasteiger charge is -2.65. The molecule has 1 saturated carbocycles. The highest BCUT2D eigenvalue weighted by molar-refractivity contribution is 5.84. The molecule has 4 aliphatic rings. The van der Waals surface area contributed by atoms with Crippen LogP contribution in [-0.4, -0.2) is 78.0 Å².